The summed E-state index contributed by atoms with van der Waals surface area (Å²) in [5.74, 6) is -4.13. The van der Waals surface area contributed by atoms with Crippen molar-refractivity contribution in [3.63, 3.8) is 0 Å². The molecule has 0 spiro atoms. The number of hydrogen-bond acceptors (Lipinski definition) is 5. The third kappa shape index (κ3) is 13.0. The molecule has 0 fully saturated rings. The fraction of sp³-hybridized carbons (Fsp3) is 0.543. The van der Waals surface area contributed by atoms with Crippen molar-refractivity contribution >= 4 is 35.1 Å². The molecule has 0 radical (unpaired) electrons. The molecule has 2 amide bonds. The number of carboxylic acid groups (broad SMARTS) is 2. The van der Waals surface area contributed by atoms with E-state index < -0.39 is 23.8 Å². The van der Waals surface area contributed by atoms with Gasteiger partial charge in [0.2, 0.25) is 5.91 Å². The van der Waals surface area contributed by atoms with Gasteiger partial charge in [-0.3, -0.25) is 9.59 Å². The van der Waals surface area contributed by atoms with Gasteiger partial charge in [0.15, 0.2) is 0 Å². The second kappa shape index (κ2) is 20.3. The van der Waals surface area contributed by atoms with Gasteiger partial charge in [0.05, 0.1) is 16.8 Å². The molecule has 0 unspecified atom stereocenters. The van der Waals surface area contributed by atoms with Gasteiger partial charge in [-0.2, -0.15) is 0 Å². The molecule has 2 aromatic rings. The van der Waals surface area contributed by atoms with E-state index in [1.165, 1.54) is 89.9 Å². The smallest absolute Gasteiger partial charge is 0.337 e. The van der Waals surface area contributed by atoms with Crippen molar-refractivity contribution in [3.8, 4) is 0 Å². The van der Waals surface area contributed by atoms with Crippen molar-refractivity contribution in [1.82, 2.24) is 0 Å². The van der Waals surface area contributed by atoms with Crippen LogP contribution in [0.5, 0.6) is 0 Å². The molecular formula is C35H50N2O6. The fourth-order valence-electron chi connectivity index (χ4n) is 5.22. The summed E-state index contributed by atoms with van der Waals surface area (Å²) < 4.78 is 0. The van der Waals surface area contributed by atoms with E-state index in [0.29, 0.717) is 4.90 Å². The first-order valence-corrected chi connectivity index (χ1v) is 16.1. The molecule has 0 atom stereocenters. The first-order valence-electron chi connectivity index (χ1n) is 16.1. The van der Waals surface area contributed by atoms with Gasteiger partial charge < -0.3 is 15.5 Å². The summed E-state index contributed by atoms with van der Waals surface area (Å²) in [6, 6.07) is 9.84. The second-order valence-corrected chi connectivity index (χ2v) is 11.3. The number of nitrogens with zero attached hydrogens (tertiary/aromatic N) is 1. The van der Waals surface area contributed by atoms with Crippen molar-refractivity contribution in [2.24, 2.45) is 0 Å². The van der Waals surface area contributed by atoms with Crippen molar-refractivity contribution < 1.29 is 29.4 Å². The number of amides is 2. The largest absolute Gasteiger partial charge is 0.478 e. The van der Waals surface area contributed by atoms with Crippen LogP contribution in [0.25, 0.3) is 0 Å². The molecule has 3 N–H and O–H groups in total. The third-order valence-corrected chi connectivity index (χ3v) is 7.73. The molecule has 0 saturated carbocycles. The topological polar surface area (TPSA) is 124 Å². The number of nitrogens with one attached hydrogen (secondary N) is 1. The predicted octanol–water partition coefficient (Wildman–Crippen LogP) is 8.95. The lowest BCUT2D eigenvalue weighted by Crippen LogP contribution is -2.36. The van der Waals surface area contributed by atoms with Crippen LogP contribution in [0.4, 0.5) is 11.4 Å². The lowest BCUT2D eigenvalue weighted by Gasteiger charge is -2.22. The Labute approximate surface area is 256 Å². The maximum Gasteiger partial charge on any atom is 0.337 e. The van der Waals surface area contributed by atoms with Crippen molar-refractivity contribution in [1.29, 1.82) is 0 Å². The van der Waals surface area contributed by atoms with Crippen LogP contribution in [0.2, 0.25) is 0 Å². The molecule has 2 aromatic carbocycles. The Kier molecular flexibility index (Phi) is 16.7. The number of carbonyl (C=O) groups excluding carboxylic acids is 2. The molecule has 0 aliphatic heterocycles. The van der Waals surface area contributed by atoms with Crippen molar-refractivity contribution in [2.75, 3.05) is 16.8 Å². The number of rotatable bonds is 22. The first-order chi connectivity index (χ1) is 20.8. The van der Waals surface area contributed by atoms with E-state index in [-0.39, 0.29) is 22.4 Å². The molecule has 8 heteroatoms. The maximum absolute atomic E-state index is 13.2. The van der Waals surface area contributed by atoms with Crippen molar-refractivity contribution in [2.45, 2.75) is 117 Å². The standard InChI is InChI=1S/C35H50N2O6/c1-3-4-5-6-7-8-9-10-11-12-13-14-15-16-17-18-25-36-30-22-19-28(20-23-30)33(39)37(27(2)38)32-26-29(34(40)41)21-24-31(32)35(42)43/h19-24,26,36H,3-18,25H2,1-2H3,(H,40,41)(H,42,43). The van der Waals surface area contributed by atoms with E-state index in [1.807, 2.05) is 0 Å². The molecule has 0 aliphatic rings. The quantitative estimate of drug-likeness (QED) is 0.116. The van der Waals surface area contributed by atoms with E-state index in [1.54, 1.807) is 24.3 Å². The Balaban J connectivity index is 1.69. The second-order valence-electron chi connectivity index (χ2n) is 11.3. The first kappa shape index (κ1) is 35.5. The minimum absolute atomic E-state index is 0.181. The normalized spacial score (nSPS) is 10.8. The van der Waals surface area contributed by atoms with Gasteiger partial charge in [-0.25, -0.2) is 14.5 Å². The van der Waals surface area contributed by atoms with Gasteiger partial charge in [-0.05, 0) is 48.9 Å². The fourth-order valence-corrected chi connectivity index (χ4v) is 5.22. The SMILES string of the molecule is CCCCCCCCCCCCCCCCCCNc1ccc(C(=O)N(C(C)=O)c2cc(C(=O)O)ccc2C(=O)O)cc1. The van der Waals surface area contributed by atoms with E-state index in [4.69, 9.17) is 0 Å². The maximum atomic E-state index is 13.2. The third-order valence-electron chi connectivity index (χ3n) is 7.73. The van der Waals surface area contributed by atoms with Gasteiger partial charge >= 0.3 is 11.9 Å². The average Bonchev–Trinajstić information content (AvgIpc) is 2.98. The van der Waals surface area contributed by atoms with E-state index in [2.05, 4.69) is 12.2 Å². The summed E-state index contributed by atoms with van der Waals surface area (Å²) >= 11 is 0. The van der Waals surface area contributed by atoms with Gasteiger partial charge in [-0.1, -0.05) is 103 Å². The number of aromatic carboxylic acids is 2. The van der Waals surface area contributed by atoms with Gasteiger partial charge in [0.25, 0.3) is 5.91 Å². The molecule has 43 heavy (non-hydrogen) atoms. The zero-order valence-corrected chi connectivity index (χ0v) is 26.0. The van der Waals surface area contributed by atoms with Crippen LogP contribution in [0.15, 0.2) is 42.5 Å². The minimum Gasteiger partial charge on any atom is -0.478 e. The highest BCUT2D eigenvalue weighted by Crippen LogP contribution is 2.26. The average molecular weight is 595 g/mol. The zero-order valence-electron chi connectivity index (χ0n) is 26.0. The molecule has 0 saturated heterocycles. The Morgan fingerprint density at radius 2 is 1.09 bits per heavy atom. The molecular weight excluding hydrogens is 544 g/mol. The number of hydrogen-bond donors (Lipinski definition) is 3. The van der Waals surface area contributed by atoms with Crippen molar-refractivity contribution in [3.05, 3.63) is 59.2 Å². The predicted molar refractivity (Wildman–Crippen MR) is 172 cm³/mol. The highest BCUT2D eigenvalue weighted by molar-refractivity contribution is 6.22. The summed E-state index contributed by atoms with van der Waals surface area (Å²) in [4.78, 5) is 49.5. The van der Waals surface area contributed by atoms with Gasteiger partial charge in [0, 0.05) is 24.7 Å². The van der Waals surface area contributed by atoms with E-state index in [9.17, 15) is 29.4 Å². The molecule has 236 valence electrons. The molecule has 0 aromatic heterocycles. The van der Waals surface area contributed by atoms with Crippen LogP contribution >= 0.6 is 0 Å². The molecule has 0 aliphatic carbocycles. The van der Waals surface area contributed by atoms with Crippen LogP contribution in [0.3, 0.4) is 0 Å². The number of imide groups is 1. The summed E-state index contributed by atoms with van der Waals surface area (Å²) in [5.41, 5.74) is 0.167. The monoisotopic (exact) mass is 594 g/mol. The van der Waals surface area contributed by atoms with E-state index >= 15 is 0 Å². The van der Waals surface area contributed by atoms with Crippen LogP contribution in [0, 0.1) is 0 Å². The van der Waals surface area contributed by atoms with Crippen LogP contribution < -0.4 is 10.2 Å². The number of benzene rings is 2. The highest BCUT2D eigenvalue weighted by atomic mass is 16.4. The molecule has 0 heterocycles. The van der Waals surface area contributed by atoms with Crippen LogP contribution in [-0.4, -0.2) is 40.5 Å². The lowest BCUT2D eigenvalue weighted by atomic mass is 10.0. The number of carbonyl (C=O) groups is 4. The molecule has 8 nitrogen and oxygen atoms in total. The molecule has 2 rings (SSSR count). The summed E-state index contributed by atoms with van der Waals surface area (Å²) in [6.07, 6.45) is 21.2. The Morgan fingerprint density at radius 1 is 0.628 bits per heavy atom. The highest BCUT2D eigenvalue weighted by Gasteiger charge is 2.27. The Morgan fingerprint density at radius 3 is 1.53 bits per heavy atom. The summed E-state index contributed by atoms with van der Waals surface area (Å²) in [7, 11) is 0. The number of unbranched alkanes of at least 4 members (excludes halogenated alkanes) is 15. The van der Waals surface area contributed by atoms with E-state index in [0.717, 1.165) is 50.2 Å². The summed E-state index contributed by atoms with van der Waals surface area (Å²) in [6.45, 7) is 4.21. The van der Waals surface area contributed by atoms with Gasteiger partial charge in [0.1, 0.15) is 0 Å². The Bertz CT molecular complexity index is 1160. The Hall–Kier alpha value is -3.68. The van der Waals surface area contributed by atoms with Crippen LogP contribution in [0.1, 0.15) is 148 Å². The van der Waals surface area contributed by atoms with Gasteiger partial charge in [-0.15, -0.1) is 0 Å². The number of carboxylic acids is 2. The number of anilines is 2. The summed E-state index contributed by atoms with van der Waals surface area (Å²) in [5, 5.41) is 22.2. The minimum atomic E-state index is -1.38. The lowest BCUT2D eigenvalue weighted by molar-refractivity contribution is -0.115. The van der Waals surface area contributed by atoms with Crippen LogP contribution in [-0.2, 0) is 4.79 Å². The molecule has 0 bridgehead atoms. The zero-order chi connectivity index (χ0) is 31.5.